The molecule has 1 heterocycles. The number of rotatable bonds is 1. The van der Waals surface area contributed by atoms with E-state index in [1.54, 1.807) is 7.11 Å². The van der Waals surface area contributed by atoms with Crippen molar-refractivity contribution in [2.75, 3.05) is 7.11 Å². The van der Waals surface area contributed by atoms with Gasteiger partial charge in [0.15, 0.2) is 0 Å². The summed E-state index contributed by atoms with van der Waals surface area (Å²) in [7, 11) is 1.67. The van der Waals surface area contributed by atoms with Gasteiger partial charge < -0.3 is 15.2 Å². The molecule has 2 N–H and O–H groups in total. The van der Waals surface area contributed by atoms with Crippen LogP contribution in [0, 0.1) is 0 Å². The molecule has 1 aromatic rings. The molecule has 1 atom stereocenters. The fourth-order valence-electron chi connectivity index (χ4n) is 2.70. The Morgan fingerprint density at radius 1 is 1.44 bits per heavy atom. The maximum Gasteiger partial charge on any atom is 0.125 e. The van der Waals surface area contributed by atoms with Crippen molar-refractivity contribution in [3.8, 4) is 11.5 Å². The van der Waals surface area contributed by atoms with Crippen LogP contribution in [0.1, 0.15) is 37.3 Å². The number of fused-ring (bicyclic) bond motifs is 1. The summed E-state index contributed by atoms with van der Waals surface area (Å²) < 4.78 is 11.3. The fraction of sp³-hybridized carbons (Fsp3) is 0.538. The smallest absolute Gasteiger partial charge is 0.125 e. The Kier molecular flexibility index (Phi) is 2.11. The molecular formula is C13H17NO2. The van der Waals surface area contributed by atoms with Crippen LogP contribution < -0.4 is 15.2 Å². The van der Waals surface area contributed by atoms with Crippen LogP contribution in [0.4, 0.5) is 0 Å². The third-order valence-corrected chi connectivity index (χ3v) is 3.80. The molecule has 3 heteroatoms. The molecule has 1 aliphatic carbocycles. The number of methoxy groups -OCH3 is 1. The van der Waals surface area contributed by atoms with Crippen LogP contribution >= 0.6 is 0 Å². The van der Waals surface area contributed by atoms with Crippen molar-refractivity contribution in [3.05, 3.63) is 23.8 Å². The summed E-state index contributed by atoms with van der Waals surface area (Å²) in [5.41, 5.74) is 7.34. The first-order valence-electron chi connectivity index (χ1n) is 5.85. The van der Waals surface area contributed by atoms with Gasteiger partial charge in [-0.05, 0) is 37.5 Å². The molecule has 0 bridgehead atoms. The van der Waals surface area contributed by atoms with Gasteiger partial charge in [0.25, 0.3) is 0 Å². The molecule has 3 nitrogen and oxygen atoms in total. The molecule has 0 unspecified atom stereocenters. The Hall–Kier alpha value is -1.22. The maximum atomic E-state index is 6.22. The van der Waals surface area contributed by atoms with E-state index in [0.717, 1.165) is 36.3 Å². The quantitative estimate of drug-likeness (QED) is 0.788. The largest absolute Gasteiger partial charge is 0.497 e. The van der Waals surface area contributed by atoms with Crippen LogP contribution in [0.25, 0.3) is 0 Å². The highest BCUT2D eigenvalue weighted by atomic mass is 16.5. The summed E-state index contributed by atoms with van der Waals surface area (Å²) in [6.07, 6.45) is 4.49. The van der Waals surface area contributed by atoms with Gasteiger partial charge >= 0.3 is 0 Å². The molecule has 1 saturated carbocycles. The number of nitrogens with two attached hydrogens (primary N) is 1. The monoisotopic (exact) mass is 219 g/mol. The van der Waals surface area contributed by atoms with E-state index in [0.29, 0.717) is 0 Å². The van der Waals surface area contributed by atoms with Crippen molar-refractivity contribution in [2.45, 2.75) is 37.3 Å². The van der Waals surface area contributed by atoms with Crippen molar-refractivity contribution >= 4 is 0 Å². The van der Waals surface area contributed by atoms with Crippen LogP contribution in [-0.2, 0) is 0 Å². The van der Waals surface area contributed by atoms with Crippen molar-refractivity contribution in [1.29, 1.82) is 0 Å². The first-order chi connectivity index (χ1) is 7.72. The minimum atomic E-state index is 0.0427. The average Bonchev–Trinajstić information content (AvgIpc) is 2.26. The van der Waals surface area contributed by atoms with E-state index < -0.39 is 0 Å². The zero-order valence-electron chi connectivity index (χ0n) is 9.53. The van der Waals surface area contributed by atoms with E-state index in [4.69, 9.17) is 15.2 Å². The summed E-state index contributed by atoms with van der Waals surface area (Å²) in [5.74, 6) is 1.79. The van der Waals surface area contributed by atoms with E-state index in [9.17, 15) is 0 Å². The van der Waals surface area contributed by atoms with Gasteiger partial charge in [-0.3, -0.25) is 0 Å². The Morgan fingerprint density at radius 3 is 2.88 bits per heavy atom. The van der Waals surface area contributed by atoms with Crippen molar-refractivity contribution in [1.82, 2.24) is 0 Å². The summed E-state index contributed by atoms with van der Waals surface area (Å²) in [6.45, 7) is 0. The second-order valence-electron chi connectivity index (χ2n) is 4.85. The third-order valence-electron chi connectivity index (χ3n) is 3.80. The predicted molar refractivity (Wildman–Crippen MR) is 61.7 cm³/mol. The standard InChI is InChI=1S/C13H17NO2/c1-15-9-3-4-12-10(7-9)11(14)8-13(16-12)5-2-6-13/h3-4,7,11H,2,5-6,8,14H2,1H3/t11-/m0/s1. The molecule has 1 fully saturated rings. The molecule has 1 spiro atoms. The van der Waals surface area contributed by atoms with Gasteiger partial charge in [0.1, 0.15) is 17.1 Å². The lowest BCUT2D eigenvalue weighted by Gasteiger charge is -2.47. The van der Waals surface area contributed by atoms with Gasteiger partial charge in [-0.1, -0.05) is 0 Å². The molecule has 0 amide bonds. The molecule has 2 aliphatic rings. The highest BCUT2D eigenvalue weighted by Crippen LogP contribution is 2.48. The topological polar surface area (TPSA) is 44.5 Å². The second kappa shape index (κ2) is 3.39. The summed E-state index contributed by atoms with van der Waals surface area (Å²) in [5, 5.41) is 0. The first-order valence-corrected chi connectivity index (χ1v) is 5.85. The van der Waals surface area contributed by atoms with Gasteiger partial charge in [0, 0.05) is 18.0 Å². The van der Waals surface area contributed by atoms with Crippen molar-refractivity contribution in [3.63, 3.8) is 0 Å². The maximum absolute atomic E-state index is 6.22. The molecule has 1 aliphatic heterocycles. The van der Waals surface area contributed by atoms with Gasteiger partial charge in [-0.2, -0.15) is 0 Å². The zero-order chi connectivity index (χ0) is 11.2. The second-order valence-corrected chi connectivity index (χ2v) is 4.85. The Labute approximate surface area is 95.5 Å². The molecule has 16 heavy (non-hydrogen) atoms. The Morgan fingerprint density at radius 2 is 2.25 bits per heavy atom. The summed E-state index contributed by atoms with van der Waals surface area (Å²) in [4.78, 5) is 0. The zero-order valence-corrected chi connectivity index (χ0v) is 9.53. The summed E-state index contributed by atoms with van der Waals surface area (Å²) >= 11 is 0. The molecule has 0 radical (unpaired) electrons. The van der Waals surface area contributed by atoms with Gasteiger partial charge in [-0.15, -0.1) is 0 Å². The average molecular weight is 219 g/mol. The van der Waals surface area contributed by atoms with Crippen LogP contribution in [0.2, 0.25) is 0 Å². The molecule has 0 aromatic heterocycles. The molecule has 86 valence electrons. The normalized spacial score (nSPS) is 25.5. The van der Waals surface area contributed by atoms with Gasteiger partial charge in [0.2, 0.25) is 0 Å². The SMILES string of the molecule is COc1ccc2c(c1)[C@@H](N)CC1(CCC1)O2. The predicted octanol–water partition coefficient (Wildman–Crippen LogP) is 2.40. The minimum absolute atomic E-state index is 0.0427. The van der Waals surface area contributed by atoms with E-state index >= 15 is 0 Å². The minimum Gasteiger partial charge on any atom is -0.497 e. The van der Waals surface area contributed by atoms with E-state index in [2.05, 4.69) is 0 Å². The lowest BCUT2D eigenvalue weighted by Crippen LogP contribution is -2.48. The van der Waals surface area contributed by atoms with Crippen molar-refractivity contribution < 1.29 is 9.47 Å². The fourth-order valence-corrected chi connectivity index (χ4v) is 2.70. The number of hydrogen-bond acceptors (Lipinski definition) is 3. The van der Waals surface area contributed by atoms with E-state index in [-0.39, 0.29) is 11.6 Å². The van der Waals surface area contributed by atoms with Crippen LogP contribution in [0.15, 0.2) is 18.2 Å². The number of benzene rings is 1. The molecule has 0 saturated heterocycles. The van der Waals surface area contributed by atoms with Crippen LogP contribution in [-0.4, -0.2) is 12.7 Å². The Bertz CT molecular complexity index is 412. The lowest BCUT2D eigenvalue weighted by molar-refractivity contribution is -0.0330. The van der Waals surface area contributed by atoms with Gasteiger partial charge in [0.05, 0.1) is 7.11 Å². The third kappa shape index (κ3) is 1.39. The number of hydrogen-bond donors (Lipinski definition) is 1. The molecule has 1 aromatic carbocycles. The van der Waals surface area contributed by atoms with Crippen molar-refractivity contribution in [2.24, 2.45) is 5.73 Å². The Balaban J connectivity index is 1.97. The lowest BCUT2D eigenvalue weighted by atomic mass is 9.73. The van der Waals surface area contributed by atoms with Crippen LogP contribution in [0.5, 0.6) is 11.5 Å². The molecular weight excluding hydrogens is 202 g/mol. The number of ether oxygens (including phenoxy) is 2. The van der Waals surface area contributed by atoms with E-state index in [1.807, 2.05) is 18.2 Å². The first kappa shape index (κ1) is 9.97. The summed E-state index contributed by atoms with van der Waals surface area (Å²) in [6, 6.07) is 5.99. The highest BCUT2D eigenvalue weighted by molar-refractivity contribution is 5.44. The van der Waals surface area contributed by atoms with E-state index in [1.165, 1.54) is 6.42 Å². The van der Waals surface area contributed by atoms with Crippen LogP contribution in [0.3, 0.4) is 0 Å². The molecule has 3 rings (SSSR count). The highest BCUT2D eigenvalue weighted by Gasteiger charge is 2.44. The van der Waals surface area contributed by atoms with Gasteiger partial charge in [-0.25, -0.2) is 0 Å².